The van der Waals surface area contributed by atoms with Gasteiger partial charge in [0.2, 0.25) is 0 Å². The molecule has 1 saturated heterocycles. The number of aliphatic imine (C=N–C) groups is 1. The van der Waals surface area contributed by atoms with Gasteiger partial charge in [0.15, 0.2) is 0 Å². The number of carbonyl (C=O) groups is 1. The number of nitrogens with two attached hydrogens (primary N) is 1. The normalized spacial score (nSPS) is 15.3. The molecule has 1 fully saturated rings. The van der Waals surface area contributed by atoms with Gasteiger partial charge in [0.05, 0.1) is 22.5 Å². The van der Waals surface area contributed by atoms with Gasteiger partial charge < -0.3 is 15.5 Å². The molecule has 39 heavy (non-hydrogen) atoms. The maximum atomic E-state index is 13.0. The number of rotatable bonds is 10. The second kappa shape index (κ2) is 12.2. The number of nitrogens with one attached hydrogen (secondary N) is 1. The zero-order chi connectivity index (χ0) is 29.7. The molecule has 1 heterocycles. The van der Waals surface area contributed by atoms with Crippen molar-refractivity contribution < 1.29 is 26.4 Å². The van der Waals surface area contributed by atoms with Crippen LogP contribution >= 0.6 is 0 Å². The number of piperazine rings is 1. The monoisotopic (exact) mass is 563 g/mol. The fraction of sp³-hybridized carbons (Fsp3) is 0.259. The van der Waals surface area contributed by atoms with E-state index in [1.807, 2.05) is 4.90 Å². The summed E-state index contributed by atoms with van der Waals surface area (Å²) >= 11 is 0. The lowest BCUT2D eigenvalue weighted by Gasteiger charge is -2.37. The predicted molar refractivity (Wildman–Crippen MR) is 150 cm³/mol. The molecule has 0 spiro atoms. The molecule has 8 nitrogen and oxygen atoms in total. The number of nitrogens with zero attached hydrogens (tertiary/aromatic N) is 3. The van der Waals surface area contributed by atoms with Crippen LogP contribution < -0.4 is 10.5 Å². The fourth-order valence-electron chi connectivity index (χ4n) is 3.90. The first kappa shape index (κ1) is 31.2. The molecule has 2 rings (SSSR count). The molecule has 0 aliphatic carbocycles. The number of aryl methyl sites for hydroxylation is 1. The summed E-state index contributed by atoms with van der Waals surface area (Å²) in [4.78, 5) is 19.4. The van der Waals surface area contributed by atoms with Crippen molar-refractivity contribution >= 4 is 34.0 Å². The van der Waals surface area contributed by atoms with E-state index < -0.39 is 33.3 Å². The molecule has 0 radical (unpaired) electrons. The minimum absolute atomic E-state index is 0.106. The van der Waals surface area contributed by atoms with Gasteiger partial charge in [0, 0.05) is 38.1 Å². The summed E-state index contributed by atoms with van der Waals surface area (Å²) in [6.07, 6.45) is -2.97. The van der Waals surface area contributed by atoms with Crippen LogP contribution in [0.1, 0.15) is 18.1 Å². The number of alkyl halides is 3. The molecule has 3 N–H and O–H groups in total. The first-order chi connectivity index (χ1) is 18.1. The Morgan fingerprint density at radius 2 is 1.69 bits per heavy atom. The molecule has 1 aromatic rings. The SMILES string of the molecule is C=C/C(=C(/N=C)C(=C)C)S(=O)(=O)Nc1ccc(C(=C)N2CCN(C(=O)/C(=C/N)C(=C)C(F)(F)F)CC2)cc1C. The molecule has 1 amide bonds. The Balaban J connectivity index is 2.16. The molecular weight excluding hydrogens is 531 g/mol. The Morgan fingerprint density at radius 3 is 2.13 bits per heavy atom. The third-order valence-corrected chi connectivity index (χ3v) is 7.52. The van der Waals surface area contributed by atoms with Crippen LogP contribution in [0.2, 0.25) is 0 Å². The second-order valence-corrected chi connectivity index (χ2v) is 10.4. The van der Waals surface area contributed by atoms with Gasteiger partial charge in [-0.15, -0.1) is 0 Å². The highest BCUT2D eigenvalue weighted by molar-refractivity contribution is 7.96. The zero-order valence-electron chi connectivity index (χ0n) is 21.9. The number of halogens is 3. The van der Waals surface area contributed by atoms with Crippen molar-refractivity contribution in [1.29, 1.82) is 0 Å². The Morgan fingerprint density at radius 1 is 1.13 bits per heavy atom. The lowest BCUT2D eigenvalue weighted by molar-refractivity contribution is -0.130. The van der Waals surface area contributed by atoms with Crippen molar-refractivity contribution in [1.82, 2.24) is 9.80 Å². The van der Waals surface area contributed by atoms with E-state index in [-0.39, 0.29) is 23.7 Å². The van der Waals surface area contributed by atoms with Gasteiger partial charge in [0.25, 0.3) is 15.9 Å². The molecule has 1 aliphatic heterocycles. The van der Waals surface area contributed by atoms with Crippen LogP contribution in [0.15, 0.2) is 89.1 Å². The lowest BCUT2D eigenvalue weighted by atomic mass is 10.1. The summed E-state index contributed by atoms with van der Waals surface area (Å²) in [7, 11) is -4.04. The van der Waals surface area contributed by atoms with Crippen molar-refractivity contribution in [3.8, 4) is 0 Å². The third-order valence-electron chi connectivity index (χ3n) is 6.09. The molecule has 0 bridgehead atoms. The van der Waals surface area contributed by atoms with Crippen LogP contribution in [0, 0.1) is 6.92 Å². The van der Waals surface area contributed by atoms with E-state index in [0.29, 0.717) is 47.4 Å². The number of anilines is 1. The highest BCUT2D eigenvalue weighted by atomic mass is 32.2. The summed E-state index contributed by atoms with van der Waals surface area (Å²) in [5.41, 5.74) is 6.10. The van der Waals surface area contributed by atoms with Gasteiger partial charge in [-0.3, -0.25) is 14.5 Å². The molecule has 0 unspecified atom stereocenters. The molecule has 0 aromatic heterocycles. The lowest BCUT2D eigenvalue weighted by Crippen LogP contribution is -2.48. The van der Waals surface area contributed by atoms with E-state index in [4.69, 9.17) is 5.73 Å². The minimum atomic E-state index is -4.77. The van der Waals surface area contributed by atoms with Crippen LogP contribution in [-0.2, 0) is 14.8 Å². The first-order valence-electron chi connectivity index (χ1n) is 11.6. The van der Waals surface area contributed by atoms with Crippen LogP contribution in [0.4, 0.5) is 18.9 Å². The van der Waals surface area contributed by atoms with E-state index in [0.717, 1.165) is 0 Å². The number of hydrogen-bond donors (Lipinski definition) is 2. The van der Waals surface area contributed by atoms with Crippen molar-refractivity contribution in [3.05, 3.63) is 95.2 Å². The van der Waals surface area contributed by atoms with Gasteiger partial charge in [-0.05, 0) is 55.5 Å². The van der Waals surface area contributed by atoms with Crippen LogP contribution in [-0.4, -0.2) is 63.2 Å². The molecule has 0 atom stereocenters. The number of benzene rings is 1. The molecule has 1 aliphatic rings. The summed E-state index contributed by atoms with van der Waals surface area (Å²) in [6, 6.07) is 5.04. The van der Waals surface area contributed by atoms with Gasteiger partial charge in [0.1, 0.15) is 4.91 Å². The molecule has 210 valence electrons. The second-order valence-electron chi connectivity index (χ2n) is 8.77. The van der Waals surface area contributed by atoms with E-state index >= 15 is 0 Å². The van der Waals surface area contributed by atoms with Crippen LogP contribution in [0.5, 0.6) is 0 Å². The summed E-state index contributed by atoms with van der Waals surface area (Å²) in [5, 5.41) is 0. The molecule has 1 aromatic carbocycles. The highest BCUT2D eigenvalue weighted by Crippen LogP contribution is 2.31. The number of amides is 1. The summed E-state index contributed by atoms with van der Waals surface area (Å²) < 4.78 is 67.6. The maximum Gasteiger partial charge on any atom is 0.416 e. The smallest absolute Gasteiger partial charge is 0.404 e. The van der Waals surface area contributed by atoms with Crippen molar-refractivity contribution in [3.63, 3.8) is 0 Å². The standard InChI is InChI=1S/C27H32F3N5O3S/c1-8-24(25(32-7)17(2)3)39(37,38)33-23-10-9-21(15-18(23)4)20(6)34-11-13-35(14-12-34)26(36)22(16-31)19(5)27(28,29)30/h8-10,15-16,33H,1-2,5-7,11-14,31H2,3-4H3/b22-16+,25-24-. The third kappa shape index (κ3) is 7.08. The minimum Gasteiger partial charge on any atom is -0.404 e. The highest BCUT2D eigenvalue weighted by Gasteiger charge is 2.38. The molecular formula is C27H32F3N5O3S. The quantitative estimate of drug-likeness (QED) is 0.248. The summed E-state index contributed by atoms with van der Waals surface area (Å²) in [5.74, 6) is -0.841. The average molecular weight is 564 g/mol. The van der Waals surface area contributed by atoms with Gasteiger partial charge in [-0.2, -0.15) is 13.2 Å². The van der Waals surface area contributed by atoms with Crippen LogP contribution in [0.25, 0.3) is 5.70 Å². The number of sulfonamides is 1. The van der Waals surface area contributed by atoms with E-state index in [9.17, 15) is 26.4 Å². The van der Waals surface area contributed by atoms with Gasteiger partial charge in [-0.25, -0.2) is 8.42 Å². The number of allylic oxidation sites excluding steroid dienone is 2. The molecule has 12 heteroatoms. The van der Waals surface area contributed by atoms with E-state index in [2.05, 4.69) is 42.7 Å². The summed E-state index contributed by atoms with van der Waals surface area (Å²) in [6.45, 7) is 22.0. The van der Waals surface area contributed by atoms with Crippen molar-refractivity contribution in [2.75, 3.05) is 30.9 Å². The number of hydrogen-bond acceptors (Lipinski definition) is 6. The topological polar surface area (TPSA) is 108 Å². The molecule has 0 saturated carbocycles. The maximum absolute atomic E-state index is 13.0. The van der Waals surface area contributed by atoms with Gasteiger partial charge in [-0.1, -0.05) is 32.4 Å². The largest absolute Gasteiger partial charge is 0.416 e. The zero-order valence-corrected chi connectivity index (χ0v) is 22.8. The Kier molecular flexibility index (Phi) is 9.75. The Hall–Kier alpha value is -4.06. The van der Waals surface area contributed by atoms with Crippen molar-refractivity contribution in [2.45, 2.75) is 20.0 Å². The van der Waals surface area contributed by atoms with E-state index in [1.54, 1.807) is 32.0 Å². The predicted octanol–water partition coefficient (Wildman–Crippen LogP) is 4.49. The fourth-order valence-corrected chi connectivity index (χ4v) is 5.24. The Bertz CT molecular complexity index is 1380. The van der Waals surface area contributed by atoms with Gasteiger partial charge >= 0.3 is 6.18 Å². The van der Waals surface area contributed by atoms with E-state index in [1.165, 1.54) is 11.0 Å². The van der Waals surface area contributed by atoms with Crippen LogP contribution in [0.3, 0.4) is 0 Å². The average Bonchev–Trinajstić information content (AvgIpc) is 2.87. The first-order valence-corrected chi connectivity index (χ1v) is 13.1. The number of carbonyl (C=O) groups excluding carboxylic acids is 1. The van der Waals surface area contributed by atoms with Crippen molar-refractivity contribution in [2.24, 2.45) is 10.7 Å². The Labute approximate surface area is 227 Å².